The van der Waals surface area contributed by atoms with Crippen LogP contribution in [0.2, 0.25) is 0 Å². The van der Waals surface area contributed by atoms with Crippen molar-refractivity contribution < 1.29 is 14.0 Å². The van der Waals surface area contributed by atoms with Crippen LogP contribution in [0.15, 0.2) is 52.2 Å². The maximum atomic E-state index is 13.6. The van der Waals surface area contributed by atoms with Crippen LogP contribution in [0.4, 0.5) is 4.39 Å². The number of nitrogens with one attached hydrogen (secondary N) is 2. The number of aromatic nitrogens is 2. The van der Waals surface area contributed by atoms with Crippen LogP contribution in [-0.4, -0.2) is 27.1 Å². The number of aryl methyl sites for hydroxylation is 1. The lowest BCUT2D eigenvalue weighted by Gasteiger charge is -2.11. The Kier molecular flexibility index (Phi) is 6.31. The van der Waals surface area contributed by atoms with Gasteiger partial charge >= 0.3 is 0 Å². The highest BCUT2D eigenvalue weighted by Crippen LogP contribution is 2.20. The topological polar surface area (TPSA) is 93.1 Å². The van der Waals surface area contributed by atoms with Crippen LogP contribution in [0.5, 0.6) is 0 Å². The van der Waals surface area contributed by atoms with Crippen LogP contribution < -0.4 is 16.4 Å². The van der Waals surface area contributed by atoms with E-state index in [-0.39, 0.29) is 16.9 Å². The maximum absolute atomic E-state index is 13.6. The Morgan fingerprint density at radius 3 is 2.77 bits per heavy atom. The van der Waals surface area contributed by atoms with Crippen LogP contribution in [0.1, 0.15) is 35.4 Å². The van der Waals surface area contributed by atoms with Crippen LogP contribution in [-0.2, 0) is 17.8 Å². The largest absolute Gasteiger partial charge is 0.296 e. The van der Waals surface area contributed by atoms with Crippen LogP contribution >= 0.6 is 11.8 Å². The molecule has 7 nitrogen and oxygen atoms in total. The summed E-state index contributed by atoms with van der Waals surface area (Å²) in [6, 6.07) is 10.8. The van der Waals surface area contributed by atoms with Crippen molar-refractivity contribution in [3.05, 3.63) is 70.0 Å². The Labute approximate surface area is 182 Å². The van der Waals surface area contributed by atoms with Crippen molar-refractivity contribution in [1.82, 2.24) is 20.4 Å². The van der Waals surface area contributed by atoms with Gasteiger partial charge in [0.25, 0.3) is 11.5 Å². The smallest absolute Gasteiger partial charge is 0.269 e. The second kappa shape index (κ2) is 9.30. The number of carbonyl (C=O) groups is 2. The zero-order valence-electron chi connectivity index (χ0n) is 16.7. The first kappa shape index (κ1) is 21.0. The van der Waals surface area contributed by atoms with Crippen molar-refractivity contribution in [2.24, 2.45) is 0 Å². The molecule has 1 aliphatic rings. The highest BCUT2D eigenvalue weighted by atomic mass is 32.2. The first-order valence-corrected chi connectivity index (χ1v) is 11.0. The summed E-state index contributed by atoms with van der Waals surface area (Å²) < 4.78 is 15.3. The van der Waals surface area contributed by atoms with Gasteiger partial charge in [-0.1, -0.05) is 18.6 Å². The summed E-state index contributed by atoms with van der Waals surface area (Å²) >= 11 is 1.04. The molecule has 2 N–H and O–H groups in total. The fourth-order valence-electron chi connectivity index (χ4n) is 3.50. The minimum atomic E-state index is -0.525. The lowest BCUT2D eigenvalue weighted by Crippen LogP contribution is -2.42. The molecule has 2 aromatic carbocycles. The predicted octanol–water partition coefficient (Wildman–Crippen LogP) is 2.82. The molecule has 1 aliphatic heterocycles. The number of nitrogens with zero attached hydrogens (tertiary/aromatic N) is 2. The summed E-state index contributed by atoms with van der Waals surface area (Å²) in [5.41, 5.74) is 5.32. The standard InChI is InChI=1S/C22H21FN4O3S/c23-16-6-3-4-7-18(16)31-13-20(28)25-26-21(29)14-9-10-15-17(12-14)24-19-8-2-1-5-11-27(19)22(15)30/h3-4,6-7,9-10,12H,1-2,5,8,11,13H2,(H,25,28)(H,26,29). The Balaban J connectivity index is 1.42. The average molecular weight is 441 g/mol. The number of halogens is 1. The van der Waals surface area contributed by atoms with E-state index in [9.17, 15) is 18.8 Å². The zero-order chi connectivity index (χ0) is 21.8. The molecule has 0 fully saturated rings. The molecule has 0 saturated carbocycles. The first-order valence-electron chi connectivity index (χ1n) is 10.0. The molecule has 1 aromatic heterocycles. The lowest BCUT2D eigenvalue weighted by atomic mass is 10.1. The summed E-state index contributed by atoms with van der Waals surface area (Å²) in [4.78, 5) is 42.2. The van der Waals surface area contributed by atoms with Gasteiger partial charge in [-0.05, 0) is 43.2 Å². The molecule has 0 bridgehead atoms. The van der Waals surface area contributed by atoms with Crippen molar-refractivity contribution in [2.45, 2.75) is 37.1 Å². The number of thioether (sulfide) groups is 1. The molecule has 9 heteroatoms. The second-order valence-corrected chi connectivity index (χ2v) is 8.27. The normalized spacial score (nSPS) is 13.3. The summed E-state index contributed by atoms with van der Waals surface area (Å²) in [6.45, 7) is 0.663. The molecule has 0 radical (unpaired) electrons. The average Bonchev–Trinajstić information content (AvgIpc) is 3.02. The number of hydrogen-bond acceptors (Lipinski definition) is 5. The molecule has 0 spiro atoms. The number of fused-ring (bicyclic) bond motifs is 2. The van der Waals surface area contributed by atoms with Gasteiger partial charge in [0, 0.05) is 23.4 Å². The van der Waals surface area contributed by atoms with Gasteiger partial charge in [-0.15, -0.1) is 11.8 Å². The van der Waals surface area contributed by atoms with Gasteiger partial charge in [0.15, 0.2) is 0 Å². The predicted molar refractivity (Wildman–Crippen MR) is 116 cm³/mol. The van der Waals surface area contributed by atoms with Gasteiger partial charge in [-0.3, -0.25) is 29.8 Å². The molecular weight excluding hydrogens is 419 g/mol. The molecule has 0 saturated heterocycles. The number of rotatable bonds is 4. The third kappa shape index (κ3) is 4.77. The van der Waals surface area contributed by atoms with Crippen LogP contribution in [0.3, 0.4) is 0 Å². The Bertz CT molecular complexity index is 1210. The van der Waals surface area contributed by atoms with Crippen LogP contribution in [0.25, 0.3) is 10.9 Å². The molecule has 4 rings (SSSR count). The fourth-order valence-corrected chi connectivity index (χ4v) is 4.24. The minimum absolute atomic E-state index is 0.0522. The third-order valence-electron chi connectivity index (χ3n) is 5.09. The van der Waals surface area contributed by atoms with Crippen LogP contribution in [0, 0.1) is 5.82 Å². The molecule has 0 unspecified atom stereocenters. The number of hydrogen-bond donors (Lipinski definition) is 2. The van der Waals surface area contributed by atoms with Gasteiger partial charge in [-0.2, -0.15) is 0 Å². The highest BCUT2D eigenvalue weighted by Gasteiger charge is 2.16. The van der Waals surface area contributed by atoms with Crippen molar-refractivity contribution in [2.75, 3.05) is 5.75 Å². The number of benzene rings is 2. The number of amides is 2. The molecule has 0 aliphatic carbocycles. The van der Waals surface area contributed by atoms with Gasteiger partial charge in [0.1, 0.15) is 11.6 Å². The minimum Gasteiger partial charge on any atom is -0.296 e. The molecular formula is C22H21FN4O3S. The highest BCUT2D eigenvalue weighted by molar-refractivity contribution is 8.00. The van der Waals surface area contributed by atoms with E-state index in [1.807, 2.05) is 0 Å². The van der Waals surface area contributed by atoms with E-state index in [1.165, 1.54) is 12.1 Å². The Morgan fingerprint density at radius 1 is 1.10 bits per heavy atom. The summed E-state index contributed by atoms with van der Waals surface area (Å²) in [6.07, 6.45) is 3.73. The first-order chi connectivity index (χ1) is 15.0. The Hall–Kier alpha value is -3.20. The van der Waals surface area contributed by atoms with E-state index in [2.05, 4.69) is 15.8 Å². The van der Waals surface area contributed by atoms with Crippen molar-refractivity contribution in [3.63, 3.8) is 0 Å². The molecule has 31 heavy (non-hydrogen) atoms. The summed E-state index contributed by atoms with van der Waals surface area (Å²) in [5, 5.41) is 0.465. The fraction of sp³-hybridized carbons (Fsp3) is 0.273. The zero-order valence-corrected chi connectivity index (χ0v) is 17.5. The van der Waals surface area contributed by atoms with E-state index < -0.39 is 17.6 Å². The van der Waals surface area contributed by atoms with Crippen molar-refractivity contribution >= 4 is 34.5 Å². The molecule has 0 atom stereocenters. The van der Waals surface area contributed by atoms with E-state index in [4.69, 9.17) is 0 Å². The molecule has 2 amide bonds. The van der Waals surface area contributed by atoms with Gasteiger partial charge in [0.05, 0.1) is 16.7 Å². The number of hydrazine groups is 1. The monoisotopic (exact) mass is 440 g/mol. The number of carbonyl (C=O) groups excluding carboxylic acids is 2. The molecule has 2 heterocycles. The lowest BCUT2D eigenvalue weighted by molar-refractivity contribution is -0.119. The van der Waals surface area contributed by atoms with E-state index in [1.54, 1.807) is 34.9 Å². The Morgan fingerprint density at radius 2 is 1.94 bits per heavy atom. The quantitative estimate of drug-likeness (QED) is 0.481. The van der Waals surface area contributed by atoms with E-state index >= 15 is 0 Å². The summed E-state index contributed by atoms with van der Waals surface area (Å²) in [5.74, 6) is -0.705. The van der Waals surface area contributed by atoms with Gasteiger partial charge < -0.3 is 0 Å². The van der Waals surface area contributed by atoms with Gasteiger partial charge in [0.2, 0.25) is 5.91 Å². The SMILES string of the molecule is O=C(CSc1ccccc1F)NNC(=O)c1ccc2c(=O)n3c(nc2c1)CCCCC3. The molecule has 160 valence electrons. The van der Waals surface area contributed by atoms with E-state index in [0.29, 0.717) is 22.3 Å². The third-order valence-corrected chi connectivity index (χ3v) is 6.14. The second-order valence-electron chi connectivity index (χ2n) is 7.25. The van der Waals surface area contributed by atoms with Crippen molar-refractivity contribution in [1.29, 1.82) is 0 Å². The molecule has 3 aromatic rings. The maximum Gasteiger partial charge on any atom is 0.269 e. The summed E-state index contributed by atoms with van der Waals surface area (Å²) in [7, 11) is 0. The van der Waals surface area contributed by atoms with Gasteiger partial charge in [-0.25, -0.2) is 9.37 Å². The van der Waals surface area contributed by atoms with E-state index in [0.717, 1.165) is 43.3 Å². The van der Waals surface area contributed by atoms with Crippen molar-refractivity contribution in [3.8, 4) is 0 Å².